The zero-order valence-corrected chi connectivity index (χ0v) is 18.4. The fourth-order valence-electron chi connectivity index (χ4n) is 3.71. The van der Waals surface area contributed by atoms with Gasteiger partial charge in [0.05, 0.1) is 18.0 Å². The first-order chi connectivity index (χ1) is 14.8. The van der Waals surface area contributed by atoms with E-state index in [1.54, 1.807) is 18.3 Å². The van der Waals surface area contributed by atoms with Crippen molar-refractivity contribution < 1.29 is 17.6 Å². The molecule has 0 radical (unpaired) electrons. The lowest BCUT2D eigenvalue weighted by Gasteiger charge is -2.30. The molecular formula is C23H25N3O4S. The van der Waals surface area contributed by atoms with E-state index in [1.807, 2.05) is 43.3 Å². The van der Waals surface area contributed by atoms with E-state index in [4.69, 9.17) is 4.42 Å². The number of benzene rings is 2. The van der Waals surface area contributed by atoms with Gasteiger partial charge in [-0.2, -0.15) is 0 Å². The standard InChI is InChI=1S/C23H25N3O4S/c1-16-7-9-17(10-8-16)21-15-24-23(30-21)20-6-4-3-5-19(20)22(27)25-18-11-13-26(14-12-18)31(2,28)29/h3-10,15,18H,11-14H2,1-2H3,(H,25,27). The van der Waals surface area contributed by atoms with Crippen LogP contribution in [0, 0.1) is 6.92 Å². The molecule has 1 aromatic heterocycles. The van der Waals surface area contributed by atoms with E-state index in [1.165, 1.54) is 10.6 Å². The molecule has 2 aromatic carbocycles. The summed E-state index contributed by atoms with van der Waals surface area (Å²) >= 11 is 0. The highest BCUT2D eigenvalue weighted by molar-refractivity contribution is 7.88. The first-order valence-corrected chi connectivity index (χ1v) is 12.0. The molecule has 7 nitrogen and oxygen atoms in total. The van der Waals surface area contributed by atoms with E-state index in [2.05, 4.69) is 10.3 Å². The van der Waals surface area contributed by atoms with Crippen LogP contribution in [0.15, 0.2) is 59.1 Å². The summed E-state index contributed by atoms with van der Waals surface area (Å²) in [6, 6.07) is 15.1. The molecule has 1 amide bonds. The Kier molecular flexibility index (Phi) is 5.93. The van der Waals surface area contributed by atoms with Crippen molar-refractivity contribution in [3.63, 3.8) is 0 Å². The first-order valence-electron chi connectivity index (χ1n) is 10.2. The molecule has 31 heavy (non-hydrogen) atoms. The summed E-state index contributed by atoms with van der Waals surface area (Å²) < 4.78 is 30.8. The fourth-order valence-corrected chi connectivity index (χ4v) is 4.59. The number of hydrogen-bond acceptors (Lipinski definition) is 5. The summed E-state index contributed by atoms with van der Waals surface area (Å²) in [6.07, 6.45) is 4.04. The van der Waals surface area contributed by atoms with Gasteiger partial charge < -0.3 is 9.73 Å². The predicted octanol–water partition coefficient (Wildman–Crippen LogP) is 3.47. The highest BCUT2D eigenvalue weighted by Gasteiger charge is 2.27. The van der Waals surface area contributed by atoms with Gasteiger partial charge in [0.25, 0.3) is 5.91 Å². The maximum atomic E-state index is 13.0. The van der Waals surface area contributed by atoms with E-state index < -0.39 is 10.0 Å². The van der Waals surface area contributed by atoms with Crippen molar-refractivity contribution in [2.75, 3.05) is 19.3 Å². The zero-order valence-electron chi connectivity index (χ0n) is 17.5. The van der Waals surface area contributed by atoms with Crippen LogP contribution in [-0.2, 0) is 10.0 Å². The topological polar surface area (TPSA) is 92.5 Å². The molecule has 1 fully saturated rings. The quantitative estimate of drug-likeness (QED) is 0.657. The number of oxazole rings is 1. The molecule has 8 heteroatoms. The molecule has 1 saturated heterocycles. The van der Waals surface area contributed by atoms with Crippen LogP contribution in [0.1, 0.15) is 28.8 Å². The van der Waals surface area contributed by atoms with Crippen molar-refractivity contribution in [1.29, 1.82) is 0 Å². The summed E-state index contributed by atoms with van der Waals surface area (Å²) in [5.74, 6) is 0.801. The number of carbonyl (C=O) groups excluding carboxylic acids is 1. The lowest BCUT2D eigenvalue weighted by molar-refractivity contribution is 0.0924. The molecule has 1 aliphatic rings. The van der Waals surface area contributed by atoms with Gasteiger partial charge in [0.1, 0.15) is 0 Å². The lowest BCUT2D eigenvalue weighted by atomic mass is 10.0. The highest BCUT2D eigenvalue weighted by atomic mass is 32.2. The second-order valence-electron chi connectivity index (χ2n) is 7.85. The monoisotopic (exact) mass is 439 g/mol. The molecule has 2 heterocycles. The Morgan fingerprint density at radius 1 is 1.10 bits per heavy atom. The normalized spacial score (nSPS) is 15.7. The second kappa shape index (κ2) is 8.64. The van der Waals surface area contributed by atoms with Crippen molar-refractivity contribution in [3.8, 4) is 22.8 Å². The van der Waals surface area contributed by atoms with Gasteiger partial charge in [0.2, 0.25) is 15.9 Å². The Bertz CT molecular complexity index is 1180. The molecule has 0 spiro atoms. The third-order valence-electron chi connectivity index (χ3n) is 5.50. The van der Waals surface area contributed by atoms with Crippen LogP contribution in [0.4, 0.5) is 0 Å². The van der Waals surface area contributed by atoms with Gasteiger partial charge in [0, 0.05) is 30.3 Å². The summed E-state index contributed by atoms with van der Waals surface area (Å²) in [6.45, 7) is 2.84. The maximum Gasteiger partial charge on any atom is 0.252 e. The number of amides is 1. The Labute approximate surface area is 182 Å². The van der Waals surface area contributed by atoms with Crippen LogP contribution in [0.2, 0.25) is 0 Å². The molecule has 3 aromatic rings. The number of carbonyl (C=O) groups is 1. The third-order valence-corrected chi connectivity index (χ3v) is 6.81. The van der Waals surface area contributed by atoms with Crippen molar-refractivity contribution in [2.24, 2.45) is 0 Å². The first kappa shape index (κ1) is 21.3. The van der Waals surface area contributed by atoms with Gasteiger partial charge in [-0.1, -0.05) is 42.0 Å². The average molecular weight is 440 g/mol. The number of hydrogen-bond donors (Lipinski definition) is 1. The number of piperidine rings is 1. The summed E-state index contributed by atoms with van der Waals surface area (Å²) in [5, 5.41) is 3.03. The van der Waals surface area contributed by atoms with E-state index in [0.29, 0.717) is 48.7 Å². The summed E-state index contributed by atoms with van der Waals surface area (Å²) in [5.41, 5.74) is 3.18. The van der Waals surface area contributed by atoms with E-state index in [-0.39, 0.29) is 11.9 Å². The van der Waals surface area contributed by atoms with Crippen LogP contribution in [0.5, 0.6) is 0 Å². The van der Waals surface area contributed by atoms with Gasteiger partial charge >= 0.3 is 0 Å². The molecule has 4 rings (SSSR count). The van der Waals surface area contributed by atoms with Crippen LogP contribution in [0.3, 0.4) is 0 Å². The highest BCUT2D eigenvalue weighted by Crippen LogP contribution is 2.28. The molecule has 1 aliphatic heterocycles. The van der Waals surface area contributed by atoms with E-state index in [9.17, 15) is 13.2 Å². The SMILES string of the molecule is Cc1ccc(-c2cnc(-c3ccccc3C(=O)NC3CCN(S(C)(=O)=O)CC3)o2)cc1. The Morgan fingerprint density at radius 2 is 1.77 bits per heavy atom. The molecule has 0 unspecified atom stereocenters. The van der Waals surface area contributed by atoms with Gasteiger partial charge in [0.15, 0.2) is 5.76 Å². The largest absolute Gasteiger partial charge is 0.436 e. The molecule has 0 aliphatic carbocycles. The van der Waals surface area contributed by atoms with Crippen molar-refractivity contribution >= 4 is 15.9 Å². The van der Waals surface area contributed by atoms with Crippen molar-refractivity contribution in [2.45, 2.75) is 25.8 Å². The molecular weight excluding hydrogens is 414 g/mol. The molecule has 0 atom stereocenters. The fraction of sp³-hybridized carbons (Fsp3) is 0.304. The van der Waals surface area contributed by atoms with Crippen LogP contribution in [-0.4, -0.2) is 49.0 Å². The number of nitrogens with one attached hydrogen (secondary N) is 1. The summed E-state index contributed by atoms with van der Waals surface area (Å²) in [4.78, 5) is 17.4. The number of aromatic nitrogens is 1. The van der Waals surface area contributed by atoms with Gasteiger partial charge in [-0.05, 0) is 31.9 Å². The van der Waals surface area contributed by atoms with Crippen molar-refractivity contribution in [3.05, 3.63) is 65.9 Å². The molecule has 162 valence electrons. The van der Waals surface area contributed by atoms with E-state index >= 15 is 0 Å². The minimum Gasteiger partial charge on any atom is -0.436 e. The zero-order chi connectivity index (χ0) is 22.0. The predicted molar refractivity (Wildman–Crippen MR) is 119 cm³/mol. The van der Waals surface area contributed by atoms with Gasteiger partial charge in [-0.3, -0.25) is 4.79 Å². The third kappa shape index (κ3) is 4.86. The summed E-state index contributed by atoms with van der Waals surface area (Å²) in [7, 11) is -3.20. The Morgan fingerprint density at radius 3 is 2.45 bits per heavy atom. The van der Waals surface area contributed by atoms with E-state index in [0.717, 1.165) is 11.1 Å². The minimum absolute atomic E-state index is 0.0776. The lowest BCUT2D eigenvalue weighted by Crippen LogP contribution is -2.46. The minimum atomic E-state index is -3.20. The number of nitrogens with zero attached hydrogens (tertiary/aromatic N) is 2. The maximum absolute atomic E-state index is 13.0. The number of sulfonamides is 1. The second-order valence-corrected chi connectivity index (χ2v) is 9.83. The van der Waals surface area contributed by atoms with Crippen molar-refractivity contribution in [1.82, 2.24) is 14.6 Å². The number of rotatable bonds is 5. The smallest absolute Gasteiger partial charge is 0.252 e. The van der Waals surface area contributed by atoms with Gasteiger partial charge in [-0.15, -0.1) is 0 Å². The molecule has 0 saturated carbocycles. The Hall–Kier alpha value is -2.97. The van der Waals surface area contributed by atoms with Crippen LogP contribution in [0.25, 0.3) is 22.8 Å². The molecule has 1 N–H and O–H groups in total. The van der Waals surface area contributed by atoms with Gasteiger partial charge in [-0.25, -0.2) is 17.7 Å². The molecule has 0 bridgehead atoms. The average Bonchev–Trinajstić information content (AvgIpc) is 3.24. The Balaban J connectivity index is 1.50. The number of aryl methyl sites for hydroxylation is 1. The van der Waals surface area contributed by atoms with Crippen LogP contribution >= 0.6 is 0 Å². The van der Waals surface area contributed by atoms with Crippen LogP contribution < -0.4 is 5.32 Å².